The van der Waals surface area contributed by atoms with Crippen molar-refractivity contribution in [3.63, 3.8) is 0 Å². The molecular formula is C20H16N2O2. The SMILES string of the molecule is C#Cc1ccccc1/C=C/C(=O)c1ccc2c(c1)n(C)c(=O)n2C. The molecule has 0 aliphatic rings. The molecule has 0 aliphatic heterocycles. The summed E-state index contributed by atoms with van der Waals surface area (Å²) in [5.74, 6) is 2.46. The molecule has 4 nitrogen and oxygen atoms in total. The van der Waals surface area contributed by atoms with E-state index in [1.807, 2.05) is 24.3 Å². The van der Waals surface area contributed by atoms with Crippen molar-refractivity contribution in [3.05, 3.63) is 75.7 Å². The third kappa shape index (κ3) is 2.57. The van der Waals surface area contributed by atoms with E-state index in [1.54, 1.807) is 42.9 Å². The number of ketones is 1. The van der Waals surface area contributed by atoms with Crippen molar-refractivity contribution >= 4 is 22.9 Å². The van der Waals surface area contributed by atoms with Crippen LogP contribution in [0.5, 0.6) is 0 Å². The van der Waals surface area contributed by atoms with E-state index >= 15 is 0 Å². The van der Waals surface area contributed by atoms with Crippen LogP contribution >= 0.6 is 0 Å². The van der Waals surface area contributed by atoms with Crippen LogP contribution < -0.4 is 5.69 Å². The van der Waals surface area contributed by atoms with Crippen molar-refractivity contribution in [1.82, 2.24) is 9.13 Å². The maximum Gasteiger partial charge on any atom is 0.328 e. The molecule has 2 aromatic carbocycles. The number of fused-ring (bicyclic) bond motifs is 1. The number of carbonyl (C=O) groups is 1. The predicted octanol–water partition coefficient (Wildman–Crippen LogP) is 2.75. The first kappa shape index (κ1) is 15.6. The summed E-state index contributed by atoms with van der Waals surface area (Å²) in [5.41, 5.74) is 3.49. The van der Waals surface area contributed by atoms with Gasteiger partial charge >= 0.3 is 5.69 Å². The molecule has 0 atom stereocenters. The molecule has 0 spiro atoms. The summed E-state index contributed by atoms with van der Waals surface area (Å²) < 4.78 is 3.09. The molecular weight excluding hydrogens is 300 g/mol. The number of terminal acetylenes is 1. The molecule has 0 amide bonds. The molecule has 0 bridgehead atoms. The van der Waals surface area contributed by atoms with Crippen LogP contribution in [-0.2, 0) is 14.1 Å². The highest BCUT2D eigenvalue weighted by Gasteiger charge is 2.10. The predicted molar refractivity (Wildman–Crippen MR) is 95.9 cm³/mol. The second kappa shape index (κ2) is 6.05. The lowest BCUT2D eigenvalue weighted by molar-refractivity contribution is 0.104. The third-order valence-electron chi connectivity index (χ3n) is 4.09. The second-order valence-electron chi connectivity index (χ2n) is 5.53. The van der Waals surface area contributed by atoms with Gasteiger partial charge in [0.05, 0.1) is 11.0 Å². The van der Waals surface area contributed by atoms with Gasteiger partial charge in [-0.05, 0) is 42.0 Å². The van der Waals surface area contributed by atoms with E-state index in [9.17, 15) is 9.59 Å². The Morgan fingerprint density at radius 2 is 1.79 bits per heavy atom. The minimum atomic E-state index is -0.139. The van der Waals surface area contributed by atoms with Crippen LogP contribution in [0.25, 0.3) is 17.1 Å². The van der Waals surface area contributed by atoms with Gasteiger partial charge in [-0.2, -0.15) is 0 Å². The maximum absolute atomic E-state index is 12.4. The van der Waals surface area contributed by atoms with Crippen LogP contribution in [0.3, 0.4) is 0 Å². The standard InChI is InChI=1S/C20H16N2O2/c1-4-14-7-5-6-8-15(14)10-12-19(23)16-9-11-17-18(13-16)22(3)20(24)21(17)2/h1,5-13H,2-3H3/b12-10+. The monoisotopic (exact) mass is 316 g/mol. The average molecular weight is 316 g/mol. The number of carbonyl (C=O) groups excluding carboxylic acids is 1. The summed E-state index contributed by atoms with van der Waals surface area (Å²) in [6.07, 6.45) is 8.67. The Morgan fingerprint density at radius 1 is 1.08 bits per heavy atom. The topological polar surface area (TPSA) is 44.0 Å². The summed E-state index contributed by atoms with van der Waals surface area (Å²) in [4.78, 5) is 24.4. The number of aromatic nitrogens is 2. The van der Waals surface area contributed by atoms with Gasteiger partial charge in [0.25, 0.3) is 0 Å². The van der Waals surface area contributed by atoms with Crippen LogP contribution in [0.1, 0.15) is 21.5 Å². The van der Waals surface area contributed by atoms with Gasteiger partial charge < -0.3 is 0 Å². The van der Waals surface area contributed by atoms with Crippen LogP contribution in [-0.4, -0.2) is 14.9 Å². The molecule has 4 heteroatoms. The van der Waals surface area contributed by atoms with E-state index in [0.717, 1.165) is 22.2 Å². The first-order valence-electron chi connectivity index (χ1n) is 7.46. The molecule has 0 aliphatic carbocycles. The van der Waals surface area contributed by atoms with E-state index in [0.29, 0.717) is 5.56 Å². The van der Waals surface area contributed by atoms with Crippen LogP contribution in [0, 0.1) is 12.3 Å². The fourth-order valence-corrected chi connectivity index (χ4v) is 2.70. The number of hydrogen-bond acceptors (Lipinski definition) is 2. The molecule has 0 N–H and O–H groups in total. The molecule has 0 saturated carbocycles. The number of nitrogens with zero attached hydrogens (tertiary/aromatic N) is 2. The minimum Gasteiger partial charge on any atom is -0.295 e. The fourth-order valence-electron chi connectivity index (χ4n) is 2.70. The first-order chi connectivity index (χ1) is 11.5. The number of rotatable bonds is 3. The lowest BCUT2D eigenvalue weighted by Crippen LogP contribution is -2.19. The zero-order valence-electron chi connectivity index (χ0n) is 13.5. The minimum absolute atomic E-state index is 0.118. The highest BCUT2D eigenvalue weighted by atomic mass is 16.1. The molecule has 1 aromatic heterocycles. The molecule has 3 aromatic rings. The molecule has 3 rings (SSSR count). The number of benzene rings is 2. The van der Waals surface area contributed by atoms with Crippen molar-refractivity contribution in [3.8, 4) is 12.3 Å². The summed E-state index contributed by atoms with van der Waals surface area (Å²) in [6.45, 7) is 0. The van der Waals surface area contributed by atoms with Crippen molar-refractivity contribution in [2.75, 3.05) is 0 Å². The number of hydrogen-bond donors (Lipinski definition) is 0. The molecule has 0 saturated heterocycles. The molecule has 24 heavy (non-hydrogen) atoms. The summed E-state index contributed by atoms with van der Waals surface area (Å²) in [7, 11) is 3.40. The summed E-state index contributed by atoms with van der Waals surface area (Å²) >= 11 is 0. The zero-order valence-corrected chi connectivity index (χ0v) is 13.5. The van der Waals surface area contributed by atoms with Crippen molar-refractivity contribution in [1.29, 1.82) is 0 Å². The fraction of sp³-hybridized carbons (Fsp3) is 0.100. The number of allylic oxidation sites excluding steroid dienone is 1. The van der Waals surface area contributed by atoms with Gasteiger partial charge in [-0.15, -0.1) is 6.42 Å². The van der Waals surface area contributed by atoms with Crippen LogP contribution in [0.4, 0.5) is 0 Å². The quantitative estimate of drug-likeness (QED) is 0.424. The Hall–Kier alpha value is -3.32. The van der Waals surface area contributed by atoms with Crippen molar-refractivity contribution in [2.45, 2.75) is 0 Å². The van der Waals surface area contributed by atoms with Gasteiger partial charge in [-0.25, -0.2) is 4.79 Å². The van der Waals surface area contributed by atoms with Gasteiger partial charge in [-0.3, -0.25) is 13.9 Å². The number of imidazole rings is 1. The first-order valence-corrected chi connectivity index (χ1v) is 7.46. The Kier molecular flexibility index (Phi) is 3.93. The van der Waals surface area contributed by atoms with Gasteiger partial charge in [0.2, 0.25) is 0 Å². The average Bonchev–Trinajstić information content (AvgIpc) is 2.84. The smallest absolute Gasteiger partial charge is 0.295 e. The zero-order chi connectivity index (χ0) is 17.3. The lowest BCUT2D eigenvalue weighted by atomic mass is 10.1. The molecule has 0 fully saturated rings. The van der Waals surface area contributed by atoms with E-state index in [-0.39, 0.29) is 11.5 Å². The molecule has 0 unspecified atom stereocenters. The second-order valence-corrected chi connectivity index (χ2v) is 5.53. The Bertz CT molecular complexity index is 1080. The van der Waals surface area contributed by atoms with E-state index in [2.05, 4.69) is 5.92 Å². The van der Waals surface area contributed by atoms with Crippen molar-refractivity contribution < 1.29 is 4.79 Å². The van der Waals surface area contributed by atoms with Gasteiger partial charge in [0.15, 0.2) is 5.78 Å². The Balaban J connectivity index is 1.97. The van der Waals surface area contributed by atoms with E-state index in [1.165, 1.54) is 10.6 Å². The highest BCUT2D eigenvalue weighted by Crippen LogP contribution is 2.16. The van der Waals surface area contributed by atoms with Crippen LogP contribution in [0.2, 0.25) is 0 Å². The molecule has 1 heterocycles. The van der Waals surface area contributed by atoms with E-state index < -0.39 is 0 Å². The van der Waals surface area contributed by atoms with Crippen LogP contribution in [0.15, 0.2) is 53.3 Å². The van der Waals surface area contributed by atoms with Gasteiger partial charge in [-0.1, -0.05) is 24.1 Å². The van der Waals surface area contributed by atoms with E-state index in [4.69, 9.17) is 6.42 Å². The van der Waals surface area contributed by atoms with Gasteiger partial charge in [0.1, 0.15) is 0 Å². The Labute approximate surface area is 139 Å². The number of aryl methyl sites for hydroxylation is 2. The molecule has 118 valence electrons. The normalized spacial score (nSPS) is 11.0. The highest BCUT2D eigenvalue weighted by molar-refractivity contribution is 6.08. The summed E-state index contributed by atoms with van der Waals surface area (Å²) in [6, 6.07) is 12.7. The lowest BCUT2D eigenvalue weighted by Gasteiger charge is -2.00. The molecule has 0 radical (unpaired) electrons. The largest absolute Gasteiger partial charge is 0.328 e. The Morgan fingerprint density at radius 3 is 2.54 bits per heavy atom. The summed E-state index contributed by atoms with van der Waals surface area (Å²) in [5, 5.41) is 0. The maximum atomic E-state index is 12.4. The third-order valence-corrected chi connectivity index (χ3v) is 4.09. The van der Waals surface area contributed by atoms with Gasteiger partial charge in [0, 0.05) is 25.2 Å². The van der Waals surface area contributed by atoms with Crippen molar-refractivity contribution in [2.24, 2.45) is 14.1 Å².